The number of nitrogens with zero attached hydrogens (tertiary/aromatic N) is 5. The van der Waals surface area contributed by atoms with Crippen LogP contribution in [0.25, 0.3) is 32.2 Å². The second-order valence-corrected chi connectivity index (χ2v) is 11.3. The van der Waals surface area contributed by atoms with E-state index in [-0.39, 0.29) is 58.9 Å². The molecule has 0 spiro atoms. The number of rotatable bonds is 10. The Morgan fingerprint density at radius 1 is 1.23 bits per heavy atom. The number of benzene rings is 2. The van der Waals surface area contributed by atoms with Crippen LogP contribution in [0.15, 0.2) is 46.7 Å². The first-order valence-corrected chi connectivity index (χ1v) is 14.3. The van der Waals surface area contributed by atoms with Gasteiger partial charge in [-0.05, 0) is 45.3 Å². The quantitative estimate of drug-likeness (QED) is 0.197. The minimum atomic E-state index is -3.13. The Labute approximate surface area is 258 Å². The molecule has 0 bridgehead atoms. The highest BCUT2D eigenvalue weighted by molar-refractivity contribution is 7.18. The Hall–Kier alpha value is -4.64. The Morgan fingerprint density at radius 3 is 2.68 bits per heavy atom. The smallest absolute Gasteiger partial charge is 0.387 e. The number of pyridine rings is 1. The predicted octanol–water partition coefficient (Wildman–Crippen LogP) is 5.95. The lowest BCUT2D eigenvalue weighted by atomic mass is 10.0. The Kier molecular flexibility index (Phi) is 8.78. The lowest BCUT2D eigenvalue weighted by Gasteiger charge is -2.19. The Balaban J connectivity index is 1.51. The summed E-state index contributed by atoms with van der Waals surface area (Å²) in [4.78, 5) is 35.7. The molecule has 0 amide bonds. The first-order chi connectivity index (χ1) is 21.0. The summed E-state index contributed by atoms with van der Waals surface area (Å²) >= 11 is 7.56. The molecule has 3 aromatic heterocycles. The average Bonchev–Trinajstić information content (AvgIpc) is 3.40. The molecule has 5 aromatic rings. The summed E-state index contributed by atoms with van der Waals surface area (Å²) in [5.41, 5.74) is 1.34. The molecule has 0 saturated heterocycles. The van der Waals surface area contributed by atoms with Gasteiger partial charge in [0.15, 0.2) is 0 Å². The number of aromatic nitrogens is 3. The molecule has 0 unspecified atom stereocenters. The number of halogens is 3. The van der Waals surface area contributed by atoms with Crippen molar-refractivity contribution in [2.24, 2.45) is 0 Å². The zero-order chi connectivity index (χ0) is 31.7. The number of aromatic carboxylic acids is 1. The molecule has 0 saturated carbocycles. The van der Waals surface area contributed by atoms with E-state index in [9.17, 15) is 28.7 Å². The number of aryl methyl sites for hydroxylation is 1. The van der Waals surface area contributed by atoms with E-state index in [0.29, 0.717) is 32.1 Å². The minimum absolute atomic E-state index is 0.00476. The maximum Gasteiger partial charge on any atom is 0.387 e. The van der Waals surface area contributed by atoms with Crippen molar-refractivity contribution < 1.29 is 28.2 Å². The summed E-state index contributed by atoms with van der Waals surface area (Å²) in [5, 5.41) is 21.5. The number of ether oxygens (including phenoxy) is 2. The van der Waals surface area contributed by atoms with E-state index in [1.54, 1.807) is 50.2 Å². The zero-order valence-electron chi connectivity index (χ0n) is 23.6. The molecular weight excluding hydrogens is 616 g/mol. The van der Waals surface area contributed by atoms with E-state index >= 15 is 0 Å². The molecule has 0 atom stereocenters. The van der Waals surface area contributed by atoms with Gasteiger partial charge in [0.05, 0.1) is 38.8 Å². The lowest BCUT2D eigenvalue weighted by molar-refractivity contribution is -0.0506. The summed E-state index contributed by atoms with van der Waals surface area (Å²) in [6.45, 7) is -1.39. The van der Waals surface area contributed by atoms with Gasteiger partial charge < -0.3 is 19.5 Å². The van der Waals surface area contributed by atoms with Crippen LogP contribution < -0.4 is 15.0 Å². The van der Waals surface area contributed by atoms with Gasteiger partial charge in [-0.15, -0.1) is 11.3 Å². The van der Waals surface area contributed by atoms with Crippen molar-refractivity contribution in [3.8, 4) is 28.7 Å². The monoisotopic (exact) mass is 639 g/mol. The Bertz CT molecular complexity index is 2020. The van der Waals surface area contributed by atoms with Crippen LogP contribution in [0.4, 0.5) is 8.78 Å². The molecule has 0 aliphatic carbocycles. The zero-order valence-corrected chi connectivity index (χ0v) is 25.2. The molecule has 5 rings (SSSR count). The molecule has 1 N–H and O–H groups in total. The summed E-state index contributed by atoms with van der Waals surface area (Å²) in [6, 6.07) is 10.0. The van der Waals surface area contributed by atoms with Crippen LogP contribution in [0, 0.1) is 18.3 Å². The van der Waals surface area contributed by atoms with E-state index in [1.807, 2.05) is 6.07 Å². The van der Waals surface area contributed by atoms with Gasteiger partial charge in [-0.3, -0.25) is 14.3 Å². The molecule has 0 aliphatic rings. The van der Waals surface area contributed by atoms with Gasteiger partial charge in [0.2, 0.25) is 0 Å². The Morgan fingerprint density at radius 2 is 2.00 bits per heavy atom. The van der Waals surface area contributed by atoms with Gasteiger partial charge in [-0.1, -0.05) is 11.6 Å². The number of carboxylic acids is 1. The largest absolute Gasteiger partial charge is 0.491 e. The molecule has 14 heteroatoms. The highest BCUT2D eigenvalue weighted by atomic mass is 35.5. The minimum Gasteiger partial charge on any atom is -0.491 e. The van der Waals surface area contributed by atoms with E-state index in [0.717, 1.165) is 0 Å². The molecule has 10 nitrogen and oxygen atoms in total. The van der Waals surface area contributed by atoms with Gasteiger partial charge >= 0.3 is 12.6 Å². The molecule has 44 heavy (non-hydrogen) atoms. The maximum absolute atomic E-state index is 13.7. The summed E-state index contributed by atoms with van der Waals surface area (Å²) in [7, 11) is 3.40. The number of carboxylic acid groups (broad SMARTS) is 1. The molecule has 0 fully saturated rings. The highest BCUT2D eigenvalue weighted by Gasteiger charge is 2.23. The topological polar surface area (TPSA) is 131 Å². The van der Waals surface area contributed by atoms with Crippen molar-refractivity contribution in [3.05, 3.63) is 79.8 Å². The van der Waals surface area contributed by atoms with E-state index in [2.05, 4.69) is 9.97 Å². The SMILES string of the molecule is Cc1nc2cc(OC(F)F)c(CN(C)C)c(C#N)c2c(=O)n1CCOc1ccc(Cl)cc1-c1ccnc2c(C(=O)O)csc12. The number of thiophene rings is 1. The van der Waals surface area contributed by atoms with E-state index < -0.39 is 18.1 Å². The first-order valence-electron chi connectivity index (χ1n) is 13.1. The second-order valence-electron chi connectivity index (χ2n) is 9.95. The van der Waals surface area contributed by atoms with Gasteiger partial charge in [0.1, 0.15) is 30.0 Å². The van der Waals surface area contributed by atoms with E-state index in [4.69, 9.17) is 21.1 Å². The van der Waals surface area contributed by atoms with Crippen molar-refractivity contribution >= 4 is 50.0 Å². The molecule has 0 aliphatic heterocycles. The lowest BCUT2D eigenvalue weighted by Crippen LogP contribution is -2.28. The fraction of sp³-hybridized carbons (Fsp3) is 0.233. The van der Waals surface area contributed by atoms with Crippen LogP contribution in [-0.2, 0) is 13.1 Å². The van der Waals surface area contributed by atoms with Crippen LogP contribution in [0.1, 0.15) is 27.3 Å². The first kappa shape index (κ1) is 30.8. The third-order valence-corrected chi connectivity index (χ3v) is 8.03. The normalized spacial score (nSPS) is 11.4. The number of nitriles is 1. The van der Waals surface area contributed by atoms with Crippen molar-refractivity contribution in [1.82, 2.24) is 19.4 Å². The van der Waals surface area contributed by atoms with Gasteiger partial charge in [0, 0.05) is 45.9 Å². The number of carbonyl (C=O) groups is 1. The summed E-state index contributed by atoms with van der Waals surface area (Å²) in [5.74, 6) is -0.581. The standard InChI is InChI=1S/C30H24ClF2N5O5S/c1-15-36-22-11-24(43-30(32)33)20(13-37(2)3)19(12-34)25(22)28(39)38(15)8-9-42-23-5-4-16(31)10-18(23)17-6-7-35-26-21(29(40)41)14-44-27(17)26/h4-7,10-11,14,30H,8-9,13H2,1-3H3,(H,40,41). The van der Waals surface area contributed by atoms with Crippen molar-refractivity contribution in [1.29, 1.82) is 5.26 Å². The molecular formula is C30H24ClF2N5O5S. The average molecular weight is 640 g/mol. The fourth-order valence-electron chi connectivity index (χ4n) is 4.95. The van der Waals surface area contributed by atoms with Gasteiger partial charge in [-0.25, -0.2) is 9.78 Å². The van der Waals surface area contributed by atoms with Crippen LogP contribution in [0.5, 0.6) is 11.5 Å². The second kappa shape index (κ2) is 12.5. The third kappa shape index (κ3) is 5.92. The molecule has 3 heterocycles. The number of hydrogen-bond acceptors (Lipinski definition) is 9. The van der Waals surface area contributed by atoms with Gasteiger partial charge in [0.25, 0.3) is 5.56 Å². The van der Waals surface area contributed by atoms with Crippen LogP contribution in [-0.4, -0.2) is 57.8 Å². The highest BCUT2D eigenvalue weighted by Crippen LogP contribution is 2.39. The van der Waals surface area contributed by atoms with Crippen LogP contribution >= 0.6 is 22.9 Å². The summed E-state index contributed by atoms with van der Waals surface area (Å²) < 4.78 is 39.2. The molecule has 226 valence electrons. The predicted molar refractivity (Wildman–Crippen MR) is 162 cm³/mol. The number of hydrogen-bond donors (Lipinski definition) is 1. The summed E-state index contributed by atoms with van der Waals surface area (Å²) in [6.07, 6.45) is 1.51. The number of fused-ring (bicyclic) bond motifs is 2. The molecule has 2 aromatic carbocycles. The van der Waals surface area contributed by atoms with Crippen molar-refractivity contribution in [2.45, 2.75) is 26.6 Å². The van der Waals surface area contributed by atoms with E-state index in [1.165, 1.54) is 33.5 Å². The van der Waals surface area contributed by atoms with Crippen LogP contribution in [0.3, 0.4) is 0 Å². The van der Waals surface area contributed by atoms with Crippen molar-refractivity contribution in [3.63, 3.8) is 0 Å². The maximum atomic E-state index is 13.7. The number of alkyl halides is 2. The van der Waals surface area contributed by atoms with Crippen LogP contribution in [0.2, 0.25) is 5.02 Å². The third-order valence-electron chi connectivity index (χ3n) is 6.80. The van der Waals surface area contributed by atoms with Crippen molar-refractivity contribution in [2.75, 3.05) is 20.7 Å². The van der Waals surface area contributed by atoms with Gasteiger partial charge in [-0.2, -0.15) is 14.0 Å². The fourth-order valence-corrected chi connectivity index (χ4v) is 6.15. The molecule has 0 radical (unpaired) electrons.